The van der Waals surface area contributed by atoms with E-state index < -0.39 is 0 Å². The Hall–Kier alpha value is -1.23. The fraction of sp³-hybridized carbons (Fsp3) is 0.571. The van der Waals surface area contributed by atoms with E-state index in [0.717, 1.165) is 25.9 Å². The number of hydrogen-bond donors (Lipinski definition) is 0. The van der Waals surface area contributed by atoms with Gasteiger partial charge in [-0.25, -0.2) is 0 Å². The summed E-state index contributed by atoms with van der Waals surface area (Å²) in [5, 5.41) is 0.356. The Morgan fingerprint density at radius 2 is 2.21 bits per heavy atom. The molecule has 1 aliphatic carbocycles. The van der Waals surface area contributed by atoms with Crippen molar-refractivity contribution in [2.75, 3.05) is 20.1 Å². The summed E-state index contributed by atoms with van der Waals surface area (Å²) < 4.78 is 0. The molecule has 0 spiro atoms. The number of amides is 1. The van der Waals surface area contributed by atoms with E-state index in [2.05, 4.69) is 11.9 Å². The van der Waals surface area contributed by atoms with Gasteiger partial charge in [-0.2, -0.15) is 0 Å². The van der Waals surface area contributed by atoms with Crippen LogP contribution in [0.2, 0.25) is 0 Å². The fourth-order valence-corrected chi connectivity index (χ4v) is 4.23. The maximum absolute atomic E-state index is 11.6. The molecule has 1 atom stereocenters. The maximum Gasteiger partial charge on any atom is 0.222 e. The molecule has 0 N–H and O–H groups in total. The Morgan fingerprint density at radius 1 is 1.37 bits per heavy atom. The Bertz CT molecular complexity index is 484. The lowest BCUT2D eigenvalue weighted by atomic mass is 10.1. The van der Waals surface area contributed by atoms with E-state index in [4.69, 9.17) is 0 Å². The number of likely N-dealkylation sites (tertiary alicyclic amines) is 1. The van der Waals surface area contributed by atoms with Gasteiger partial charge in [0, 0.05) is 43.6 Å². The molecule has 1 amide bonds. The first kappa shape index (κ1) is 12.8. The van der Waals surface area contributed by atoms with Crippen molar-refractivity contribution >= 4 is 23.5 Å². The standard InChI is InChI=1S/C14H18N2O2S/c1-15-11-5-4-10(17)9-12(11)19-14(15)6-8-16-7-2-3-13(16)18/h4-5,14H,2-3,6-9H2,1H3. The lowest BCUT2D eigenvalue weighted by Gasteiger charge is -2.25. The third-order valence-electron chi connectivity index (χ3n) is 3.96. The summed E-state index contributed by atoms with van der Waals surface area (Å²) in [5.74, 6) is 0.480. The molecule has 1 fully saturated rings. The van der Waals surface area contributed by atoms with Crippen molar-refractivity contribution in [2.45, 2.75) is 31.1 Å². The quantitative estimate of drug-likeness (QED) is 0.788. The zero-order valence-corrected chi connectivity index (χ0v) is 11.9. The van der Waals surface area contributed by atoms with Crippen LogP contribution in [-0.4, -0.2) is 47.0 Å². The molecule has 102 valence electrons. The van der Waals surface area contributed by atoms with E-state index in [9.17, 15) is 9.59 Å². The first-order valence-corrected chi connectivity index (χ1v) is 7.64. The van der Waals surface area contributed by atoms with Gasteiger partial charge in [0.1, 0.15) is 0 Å². The molecule has 0 aromatic carbocycles. The van der Waals surface area contributed by atoms with Gasteiger partial charge in [0.15, 0.2) is 5.78 Å². The number of hydrogen-bond acceptors (Lipinski definition) is 4. The topological polar surface area (TPSA) is 40.6 Å². The van der Waals surface area contributed by atoms with Gasteiger partial charge in [-0.3, -0.25) is 9.59 Å². The van der Waals surface area contributed by atoms with Crippen LogP contribution >= 0.6 is 11.8 Å². The average molecular weight is 278 g/mol. The van der Waals surface area contributed by atoms with E-state index in [1.165, 1.54) is 10.6 Å². The highest BCUT2D eigenvalue weighted by Gasteiger charge is 2.32. The third-order valence-corrected chi connectivity index (χ3v) is 5.42. The molecular weight excluding hydrogens is 260 g/mol. The number of carbonyl (C=O) groups excluding carboxylic acids is 2. The van der Waals surface area contributed by atoms with Crippen LogP contribution in [0.15, 0.2) is 22.8 Å². The van der Waals surface area contributed by atoms with Crippen LogP contribution in [0, 0.1) is 0 Å². The number of nitrogens with zero attached hydrogens (tertiary/aromatic N) is 2. The van der Waals surface area contributed by atoms with Gasteiger partial charge in [-0.15, -0.1) is 11.8 Å². The van der Waals surface area contributed by atoms with Gasteiger partial charge < -0.3 is 9.80 Å². The second kappa shape index (κ2) is 5.04. The van der Waals surface area contributed by atoms with Crippen molar-refractivity contribution in [1.29, 1.82) is 0 Å². The molecule has 5 heteroatoms. The second-order valence-electron chi connectivity index (χ2n) is 5.24. The fourth-order valence-electron chi connectivity index (χ4n) is 2.85. The smallest absolute Gasteiger partial charge is 0.222 e. The van der Waals surface area contributed by atoms with Crippen molar-refractivity contribution in [3.8, 4) is 0 Å². The summed E-state index contributed by atoms with van der Waals surface area (Å²) in [6.45, 7) is 1.74. The van der Waals surface area contributed by atoms with E-state index >= 15 is 0 Å². The van der Waals surface area contributed by atoms with E-state index in [1.54, 1.807) is 17.8 Å². The number of ketones is 1. The summed E-state index contributed by atoms with van der Waals surface area (Å²) in [6, 6.07) is 0. The molecule has 0 aromatic rings. The van der Waals surface area contributed by atoms with Crippen LogP contribution in [0.25, 0.3) is 0 Å². The zero-order chi connectivity index (χ0) is 13.4. The van der Waals surface area contributed by atoms with Gasteiger partial charge in [0.2, 0.25) is 5.91 Å². The third kappa shape index (κ3) is 2.43. The van der Waals surface area contributed by atoms with Gasteiger partial charge in [-0.1, -0.05) is 0 Å². The van der Waals surface area contributed by atoms with E-state index in [0.29, 0.717) is 24.1 Å². The van der Waals surface area contributed by atoms with Crippen LogP contribution < -0.4 is 0 Å². The summed E-state index contributed by atoms with van der Waals surface area (Å²) in [4.78, 5) is 28.4. The van der Waals surface area contributed by atoms with Crippen LogP contribution in [0.5, 0.6) is 0 Å². The van der Waals surface area contributed by atoms with Gasteiger partial charge in [0.25, 0.3) is 0 Å². The minimum absolute atomic E-state index is 0.190. The Morgan fingerprint density at radius 3 is 2.95 bits per heavy atom. The largest absolute Gasteiger partial charge is 0.362 e. The Balaban J connectivity index is 1.58. The first-order chi connectivity index (χ1) is 9.15. The molecule has 2 heterocycles. The van der Waals surface area contributed by atoms with Crippen LogP contribution in [-0.2, 0) is 9.59 Å². The summed E-state index contributed by atoms with van der Waals surface area (Å²) in [7, 11) is 2.08. The zero-order valence-electron chi connectivity index (χ0n) is 11.1. The van der Waals surface area contributed by atoms with Crippen molar-refractivity contribution in [3.05, 3.63) is 22.8 Å². The highest BCUT2D eigenvalue weighted by molar-refractivity contribution is 8.03. The minimum atomic E-state index is 0.190. The minimum Gasteiger partial charge on any atom is -0.362 e. The summed E-state index contributed by atoms with van der Waals surface area (Å²) in [6.07, 6.45) is 6.80. The molecular formula is C14H18N2O2S. The molecule has 1 unspecified atom stereocenters. The monoisotopic (exact) mass is 278 g/mol. The highest BCUT2D eigenvalue weighted by Crippen LogP contribution is 2.42. The lowest BCUT2D eigenvalue weighted by molar-refractivity contribution is -0.127. The van der Waals surface area contributed by atoms with Gasteiger partial charge in [0.05, 0.1) is 5.37 Å². The van der Waals surface area contributed by atoms with Gasteiger partial charge in [-0.05, 0) is 25.0 Å². The van der Waals surface area contributed by atoms with Crippen molar-refractivity contribution in [2.24, 2.45) is 0 Å². The maximum atomic E-state index is 11.6. The van der Waals surface area contributed by atoms with Crippen molar-refractivity contribution < 1.29 is 9.59 Å². The average Bonchev–Trinajstić information content (AvgIpc) is 2.91. The molecule has 0 bridgehead atoms. The van der Waals surface area contributed by atoms with E-state index in [1.807, 2.05) is 11.0 Å². The van der Waals surface area contributed by atoms with Crippen LogP contribution in [0.3, 0.4) is 0 Å². The predicted molar refractivity (Wildman–Crippen MR) is 75.4 cm³/mol. The normalized spacial score (nSPS) is 26.7. The molecule has 4 nitrogen and oxygen atoms in total. The number of rotatable bonds is 3. The number of likely N-dealkylation sites (N-methyl/N-ethyl adjacent to an activating group) is 1. The summed E-state index contributed by atoms with van der Waals surface area (Å²) in [5.41, 5.74) is 1.18. The van der Waals surface area contributed by atoms with E-state index in [-0.39, 0.29) is 5.78 Å². The molecule has 2 aliphatic heterocycles. The van der Waals surface area contributed by atoms with Crippen LogP contribution in [0.1, 0.15) is 25.7 Å². The van der Waals surface area contributed by atoms with Crippen molar-refractivity contribution in [3.63, 3.8) is 0 Å². The first-order valence-electron chi connectivity index (χ1n) is 6.76. The SMILES string of the molecule is CN1C2=C(CC(=O)C=C2)SC1CCN1CCCC1=O. The molecule has 0 aromatic heterocycles. The molecule has 0 saturated carbocycles. The van der Waals surface area contributed by atoms with Gasteiger partial charge >= 0.3 is 0 Å². The second-order valence-corrected chi connectivity index (χ2v) is 6.51. The molecule has 3 rings (SSSR count). The number of thioether (sulfide) groups is 1. The molecule has 3 aliphatic rings. The predicted octanol–water partition coefficient (Wildman–Crippen LogP) is 1.74. The Labute approximate surface area is 117 Å². The highest BCUT2D eigenvalue weighted by atomic mass is 32.2. The Kier molecular flexibility index (Phi) is 3.39. The molecule has 19 heavy (non-hydrogen) atoms. The molecule has 1 saturated heterocycles. The number of allylic oxidation sites excluding steroid dienone is 3. The summed E-state index contributed by atoms with van der Waals surface area (Å²) >= 11 is 1.79. The van der Waals surface area contributed by atoms with Crippen LogP contribution in [0.4, 0.5) is 0 Å². The number of carbonyl (C=O) groups is 2. The molecule has 0 radical (unpaired) electrons. The lowest BCUT2D eigenvalue weighted by Crippen LogP contribution is -2.31. The van der Waals surface area contributed by atoms with Crippen molar-refractivity contribution in [1.82, 2.24) is 9.80 Å².